The topological polar surface area (TPSA) is 77.4 Å². The van der Waals surface area contributed by atoms with E-state index in [9.17, 15) is 36.6 Å². The van der Waals surface area contributed by atoms with Crippen LogP contribution >= 0.6 is 0 Å². The summed E-state index contributed by atoms with van der Waals surface area (Å²) in [7, 11) is 2.92. The summed E-state index contributed by atoms with van der Waals surface area (Å²) in [6, 6.07) is 22.9. The molecule has 6 nitrogen and oxygen atoms in total. The largest absolute Gasteiger partial charge is 0.497 e. The maximum absolute atomic E-state index is 14.0. The second-order valence-corrected chi connectivity index (χ2v) is 11.8. The van der Waals surface area contributed by atoms with Crippen molar-refractivity contribution >= 4 is 0 Å². The number of aliphatic hydroxyl groups is 2. The Morgan fingerprint density at radius 1 is 0.480 bits per heavy atom. The molecule has 2 atom stereocenters. The number of methoxy groups -OCH3 is 2. The molecule has 4 aromatic carbocycles. The van der Waals surface area contributed by atoms with Gasteiger partial charge in [0, 0.05) is 18.3 Å². The molecule has 2 N–H and O–H groups in total. The second kappa shape index (κ2) is 16.5. The quantitative estimate of drug-likeness (QED) is 0.113. The van der Waals surface area contributed by atoms with E-state index >= 15 is 0 Å². The smallest absolute Gasteiger partial charge is 0.411 e. The first kappa shape index (κ1) is 40.0. The van der Waals surface area contributed by atoms with Crippen molar-refractivity contribution in [2.24, 2.45) is 0 Å². The molecule has 0 saturated heterocycles. The minimum Gasteiger partial charge on any atom is -0.497 e. The Morgan fingerprint density at radius 2 is 0.740 bits per heavy atom. The van der Waals surface area contributed by atoms with Crippen LogP contribution in [0.25, 0.3) is 0 Å². The number of benzene rings is 4. The van der Waals surface area contributed by atoms with E-state index in [-0.39, 0.29) is 23.3 Å². The molecule has 4 aromatic rings. The first-order valence-electron chi connectivity index (χ1n) is 15.8. The van der Waals surface area contributed by atoms with Crippen molar-refractivity contribution in [2.45, 2.75) is 76.3 Å². The molecule has 0 bridgehead atoms. The van der Waals surface area contributed by atoms with Crippen LogP contribution < -0.4 is 18.9 Å². The molecule has 0 heterocycles. The van der Waals surface area contributed by atoms with Gasteiger partial charge in [-0.2, -0.15) is 26.3 Å². The van der Waals surface area contributed by atoms with Crippen LogP contribution in [0.3, 0.4) is 0 Å². The van der Waals surface area contributed by atoms with Gasteiger partial charge in [0.2, 0.25) is 5.41 Å². The average Bonchev–Trinajstić information content (AvgIpc) is 3.08. The van der Waals surface area contributed by atoms with E-state index in [1.165, 1.54) is 18.2 Å². The normalized spacial score (nSPS) is 13.4. The van der Waals surface area contributed by atoms with Crippen LogP contribution in [0.5, 0.6) is 23.0 Å². The predicted molar refractivity (Wildman–Crippen MR) is 178 cm³/mol. The highest BCUT2D eigenvalue weighted by atomic mass is 19.4. The van der Waals surface area contributed by atoms with Crippen LogP contribution in [-0.4, -0.2) is 49.4 Å². The molecular formula is C38H42F6O6. The van der Waals surface area contributed by atoms with Gasteiger partial charge in [0.15, 0.2) is 12.6 Å². The number of alkyl halides is 6. The van der Waals surface area contributed by atoms with Gasteiger partial charge >= 0.3 is 12.4 Å². The predicted octanol–water partition coefficient (Wildman–Crippen LogP) is 9.34. The molecule has 0 fully saturated rings. The van der Waals surface area contributed by atoms with Crippen LogP contribution in [0, 0.1) is 0 Å². The molecule has 0 aliphatic heterocycles. The standard InChI is InChI=1S/C19H18F6O3.C19H24O3/c1-3-16(26)28-15-10-6-13(7-11-15)17(18(20,21)22,19(23,24)25)12-4-8-14(27-2)9-5-12;1-5-18(20)22-17-12-8-15(9-13-17)19(2,3)14-6-10-16(21-4)11-7-14/h4-11,16,26H,3H2,1-2H3;6-13,18,20H,5H2,1-4H3. The molecule has 0 saturated carbocycles. The van der Waals surface area contributed by atoms with Crippen molar-refractivity contribution in [2.75, 3.05) is 14.2 Å². The van der Waals surface area contributed by atoms with E-state index in [4.69, 9.17) is 18.9 Å². The summed E-state index contributed by atoms with van der Waals surface area (Å²) in [4.78, 5) is 0. The van der Waals surface area contributed by atoms with Gasteiger partial charge in [0.05, 0.1) is 14.2 Å². The van der Waals surface area contributed by atoms with Crippen molar-refractivity contribution in [3.8, 4) is 23.0 Å². The van der Waals surface area contributed by atoms with Crippen LogP contribution in [0.1, 0.15) is 62.8 Å². The van der Waals surface area contributed by atoms with Gasteiger partial charge < -0.3 is 29.2 Å². The van der Waals surface area contributed by atoms with Crippen LogP contribution in [0.4, 0.5) is 26.3 Å². The number of ether oxygens (including phenoxy) is 4. The SMILES string of the molecule is CCC(O)Oc1ccc(C(C)(C)c2ccc(OC)cc2)cc1.CCC(O)Oc1ccc(C(c2ccc(OC)cc2)(C(F)(F)F)C(F)(F)F)cc1. The lowest BCUT2D eigenvalue weighted by Gasteiger charge is -2.38. The number of rotatable bonds is 12. The molecule has 0 aliphatic rings. The summed E-state index contributed by atoms with van der Waals surface area (Å²) in [5.41, 5.74) is -3.96. The van der Waals surface area contributed by atoms with Crippen molar-refractivity contribution < 1.29 is 55.5 Å². The summed E-state index contributed by atoms with van der Waals surface area (Å²) in [5, 5.41) is 19.0. The fourth-order valence-electron chi connectivity index (χ4n) is 5.21. The van der Waals surface area contributed by atoms with Gasteiger partial charge in [-0.1, -0.05) is 76.2 Å². The van der Waals surface area contributed by atoms with Gasteiger partial charge in [-0.15, -0.1) is 0 Å². The molecule has 4 rings (SSSR count). The third kappa shape index (κ3) is 9.02. The van der Waals surface area contributed by atoms with Gasteiger partial charge in [-0.25, -0.2) is 0 Å². The maximum Gasteiger partial charge on any atom is 0.411 e. The van der Waals surface area contributed by atoms with Crippen molar-refractivity contribution in [1.29, 1.82) is 0 Å². The summed E-state index contributed by atoms with van der Waals surface area (Å²) in [6.07, 6.45) is -12.6. The van der Waals surface area contributed by atoms with Gasteiger partial charge in [-0.3, -0.25) is 0 Å². The van der Waals surface area contributed by atoms with Crippen molar-refractivity contribution in [1.82, 2.24) is 0 Å². The van der Waals surface area contributed by atoms with Crippen LogP contribution in [0.15, 0.2) is 97.1 Å². The Hall–Kier alpha value is -4.42. The summed E-state index contributed by atoms with van der Waals surface area (Å²) in [5.74, 6) is 1.62. The minimum atomic E-state index is -5.68. The second-order valence-electron chi connectivity index (χ2n) is 11.8. The third-order valence-corrected chi connectivity index (χ3v) is 8.29. The molecule has 12 heteroatoms. The maximum atomic E-state index is 14.0. The zero-order valence-electron chi connectivity index (χ0n) is 28.6. The van der Waals surface area contributed by atoms with Crippen LogP contribution in [-0.2, 0) is 10.8 Å². The van der Waals surface area contributed by atoms with Crippen molar-refractivity contribution in [3.05, 3.63) is 119 Å². The first-order chi connectivity index (χ1) is 23.4. The van der Waals surface area contributed by atoms with E-state index in [0.29, 0.717) is 24.3 Å². The molecule has 50 heavy (non-hydrogen) atoms. The lowest BCUT2D eigenvalue weighted by molar-refractivity contribution is -0.288. The molecule has 272 valence electrons. The first-order valence-corrected chi connectivity index (χ1v) is 15.8. The Kier molecular flexibility index (Phi) is 13.2. The Balaban J connectivity index is 0.000000278. The third-order valence-electron chi connectivity index (χ3n) is 8.29. The van der Waals surface area contributed by atoms with Crippen LogP contribution in [0.2, 0.25) is 0 Å². The van der Waals surface area contributed by atoms with E-state index < -0.39 is 41.5 Å². The van der Waals surface area contributed by atoms with Gasteiger partial charge in [0.25, 0.3) is 0 Å². The fraction of sp³-hybridized carbons (Fsp3) is 0.368. The lowest BCUT2D eigenvalue weighted by atomic mass is 9.73. The zero-order valence-corrected chi connectivity index (χ0v) is 28.6. The Morgan fingerprint density at radius 3 is 0.980 bits per heavy atom. The zero-order chi connectivity index (χ0) is 37.3. The molecule has 0 spiro atoms. The lowest BCUT2D eigenvalue weighted by Crippen LogP contribution is -2.54. The summed E-state index contributed by atoms with van der Waals surface area (Å²) < 4.78 is 104. The molecule has 0 aromatic heterocycles. The fourth-order valence-corrected chi connectivity index (χ4v) is 5.21. The Labute approximate surface area is 288 Å². The number of hydrogen-bond acceptors (Lipinski definition) is 6. The van der Waals surface area contributed by atoms with E-state index in [1.54, 1.807) is 14.0 Å². The van der Waals surface area contributed by atoms with Crippen molar-refractivity contribution in [3.63, 3.8) is 0 Å². The summed E-state index contributed by atoms with van der Waals surface area (Å²) in [6.45, 7) is 7.85. The minimum absolute atomic E-state index is 0.0499. The molecule has 2 unspecified atom stereocenters. The van der Waals surface area contributed by atoms with Gasteiger partial charge in [-0.05, 0) is 70.8 Å². The highest BCUT2D eigenvalue weighted by Crippen LogP contribution is 2.56. The monoisotopic (exact) mass is 708 g/mol. The molecular weight excluding hydrogens is 666 g/mol. The van der Waals surface area contributed by atoms with E-state index in [2.05, 4.69) is 26.0 Å². The number of aliphatic hydroxyl groups excluding tert-OH is 2. The van der Waals surface area contributed by atoms with E-state index in [0.717, 1.165) is 42.1 Å². The van der Waals surface area contributed by atoms with Gasteiger partial charge in [0.1, 0.15) is 23.0 Å². The number of halogens is 6. The molecule has 0 radical (unpaired) electrons. The average molecular weight is 709 g/mol. The summed E-state index contributed by atoms with van der Waals surface area (Å²) >= 11 is 0. The molecule has 0 amide bonds. The highest BCUT2D eigenvalue weighted by Gasteiger charge is 2.72. The Bertz CT molecular complexity index is 1590. The van der Waals surface area contributed by atoms with E-state index in [1.807, 2.05) is 43.3 Å². The highest BCUT2D eigenvalue weighted by molar-refractivity contribution is 5.47. The number of hydrogen-bond donors (Lipinski definition) is 2. The molecule has 0 aliphatic carbocycles.